The molecule has 0 N–H and O–H groups in total. The first-order valence-corrected chi connectivity index (χ1v) is 12.2. The van der Waals surface area contributed by atoms with Gasteiger partial charge >= 0.3 is 5.97 Å². The quantitative estimate of drug-likeness (QED) is 0.159. The van der Waals surface area contributed by atoms with Crippen LogP contribution in [0.15, 0.2) is 70.9 Å². The molecule has 1 aliphatic heterocycles. The monoisotopic (exact) mass is 465 g/mol. The van der Waals surface area contributed by atoms with E-state index >= 15 is 0 Å². The van der Waals surface area contributed by atoms with Crippen molar-refractivity contribution < 1.29 is 19.1 Å². The molecule has 0 fully saturated rings. The highest BCUT2D eigenvalue weighted by Gasteiger charge is 2.26. The van der Waals surface area contributed by atoms with Gasteiger partial charge in [0.25, 0.3) is 11.8 Å². The predicted molar refractivity (Wildman–Crippen MR) is 137 cm³/mol. The molecular formula is C29H39NO4. The van der Waals surface area contributed by atoms with Gasteiger partial charge in [-0.25, -0.2) is 0 Å². The summed E-state index contributed by atoms with van der Waals surface area (Å²) in [6.07, 6.45) is 20.1. The van der Waals surface area contributed by atoms with Crippen LogP contribution in [-0.4, -0.2) is 35.8 Å². The third-order valence-corrected chi connectivity index (χ3v) is 6.34. The summed E-state index contributed by atoms with van der Waals surface area (Å²) in [6.45, 7) is 11.5. The molecule has 5 nitrogen and oxygen atoms in total. The Morgan fingerprint density at radius 3 is 2.47 bits per heavy atom. The van der Waals surface area contributed by atoms with Crippen molar-refractivity contribution in [2.45, 2.75) is 73.1 Å². The zero-order valence-corrected chi connectivity index (χ0v) is 21.4. The first-order valence-electron chi connectivity index (χ1n) is 12.2. The molecule has 2 aliphatic rings. The van der Waals surface area contributed by atoms with E-state index in [4.69, 9.17) is 4.74 Å². The highest BCUT2D eigenvalue weighted by molar-refractivity contribution is 6.12. The molecule has 0 spiro atoms. The molecule has 0 atom stereocenters. The van der Waals surface area contributed by atoms with Crippen LogP contribution in [0.1, 0.15) is 73.1 Å². The summed E-state index contributed by atoms with van der Waals surface area (Å²) in [6, 6.07) is 0. The van der Waals surface area contributed by atoms with E-state index in [1.807, 2.05) is 25.2 Å². The molecule has 2 rings (SSSR count). The molecule has 184 valence electrons. The van der Waals surface area contributed by atoms with E-state index in [9.17, 15) is 14.4 Å². The standard InChI is InChI=1S/C29H39NO4/c1-22(14-15-25-24(3)12-9-19-29(25,4)5)10-8-11-23(2)18-21-34-28(33)13-6-7-20-30-26(31)16-17-27(30)32/h8,10-11,14-18H,6-7,9,12-13,19-21H2,1-5H3/b11-8+,15-14+,22-10+,23-18+. The van der Waals surface area contributed by atoms with Crippen LogP contribution < -0.4 is 0 Å². The van der Waals surface area contributed by atoms with E-state index in [0.717, 1.165) is 5.57 Å². The van der Waals surface area contributed by atoms with Gasteiger partial charge in [-0.2, -0.15) is 0 Å². The fraction of sp³-hybridized carbons (Fsp3) is 0.483. The Bertz CT molecular complexity index is 939. The van der Waals surface area contributed by atoms with Crippen molar-refractivity contribution in [2.75, 3.05) is 13.2 Å². The van der Waals surface area contributed by atoms with Gasteiger partial charge < -0.3 is 4.74 Å². The molecule has 0 unspecified atom stereocenters. The first kappa shape index (κ1) is 27.3. The van der Waals surface area contributed by atoms with Crippen LogP contribution in [-0.2, 0) is 19.1 Å². The van der Waals surface area contributed by atoms with Crippen molar-refractivity contribution in [3.8, 4) is 0 Å². The highest BCUT2D eigenvalue weighted by Crippen LogP contribution is 2.40. The number of esters is 1. The number of hydrogen-bond donors (Lipinski definition) is 0. The number of unbranched alkanes of at least 4 members (excludes halogenated alkanes) is 1. The lowest BCUT2D eigenvalue weighted by molar-refractivity contribution is -0.142. The molecule has 0 bridgehead atoms. The van der Waals surface area contributed by atoms with Crippen molar-refractivity contribution in [1.82, 2.24) is 4.90 Å². The van der Waals surface area contributed by atoms with Gasteiger partial charge in [0.1, 0.15) is 6.61 Å². The van der Waals surface area contributed by atoms with Crippen LogP contribution in [0.25, 0.3) is 0 Å². The minimum atomic E-state index is -0.289. The van der Waals surface area contributed by atoms with Gasteiger partial charge in [0, 0.05) is 25.1 Å². The van der Waals surface area contributed by atoms with E-state index in [2.05, 4.69) is 45.9 Å². The fourth-order valence-corrected chi connectivity index (χ4v) is 4.23. The summed E-state index contributed by atoms with van der Waals surface area (Å²) in [5.74, 6) is -0.854. The van der Waals surface area contributed by atoms with E-state index < -0.39 is 0 Å². The molecule has 0 aromatic carbocycles. The summed E-state index contributed by atoms with van der Waals surface area (Å²) < 4.78 is 5.25. The van der Waals surface area contributed by atoms with Crippen LogP contribution >= 0.6 is 0 Å². The Labute approximate surface area is 204 Å². The van der Waals surface area contributed by atoms with Crippen LogP contribution in [0.5, 0.6) is 0 Å². The zero-order valence-electron chi connectivity index (χ0n) is 21.4. The second-order valence-electron chi connectivity index (χ2n) is 9.78. The van der Waals surface area contributed by atoms with E-state index in [1.54, 1.807) is 0 Å². The summed E-state index contributed by atoms with van der Waals surface area (Å²) in [7, 11) is 0. The normalized spacial score (nSPS) is 19.3. The number of amides is 2. The van der Waals surface area contributed by atoms with Gasteiger partial charge in [0.2, 0.25) is 0 Å². The van der Waals surface area contributed by atoms with Crippen molar-refractivity contribution in [3.63, 3.8) is 0 Å². The summed E-state index contributed by atoms with van der Waals surface area (Å²) in [5, 5.41) is 0. The average molecular weight is 466 g/mol. The third-order valence-electron chi connectivity index (χ3n) is 6.34. The minimum Gasteiger partial charge on any atom is -0.461 e. The number of hydrogen-bond acceptors (Lipinski definition) is 4. The molecule has 5 heteroatoms. The lowest BCUT2D eigenvalue weighted by Gasteiger charge is -2.32. The molecule has 2 amide bonds. The second kappa shape index (κ2) is 13.1. The number of rotatable bonds is 11. The Morgan fingerprint density at radius 1 is 1.09 bits per heavy atom. The summed E-state index contributed by atoms with van der Waals surface area (Å²) in [4.78, 5) is 36.0. The number of carbonyl (C=O) groups excluding carboxylic acids is 3. The Kier molecular flexibility index (Phi) is 10.5. The fourth-order valence-electron chi connectivity index (χ4n) is 4.23. The van der Waals surface area contributed by atoms with Crippen molar-refractivity contribution >= 4 is 17.8 Å². The maximum atomic E-state index is 11.9. The maximum absolute atomic E-state index is 11.9. The Morgan fingerprint density at radius 2 is 1.79 bits per heavy atom. The molecule has 0 aromatic heterocycles. The van der Waals surface area contributed by atoms with E-state index in [0.29, 0.717) is 19.4 Å². The number of ether oxygens (including phenoxy) is 1. The van der Waals surface area contributed by atoms with Crippen molar-refractivity contribution in [3.05, 3.63) is 70.9 Å². The molecule has 34 heavy (non-hydrogen) atoms. The molecule has 0 saturated heterocycles. The van der Waals surface area contributed by atoms with Crippen molar-refractivity contribution in [2.24, 2.45) is 5.41 Å². The van der Waals surface area contributed by atoms with Crippen molar-refractivity contribution in [1.29, 1.82) is 0 Å². The van der Waals surface area contributed by atoms with Gasteiger partial charge in [0.15, 0.2) is 0 Å². The molecule has 1 heterocycles. The van der Waals surface area contributed by atoms with E-state index in [-0.39, 0.29) is 36.2 Å². The Hall–Kier alpha value is -2.95. The first-order chi connectivity index (χ1) is 16.1. The minimum absolute atomic E-state index is 0.229. The molecule has 0 aromatic rings. The van der Waals surface area contributed by atoms with Gasteiger partial charge in [0.05, 0.1) is 0 Å². The SMILES string of the molecule is CC1=C(/C=C/C(C)=C/C=C/C(C)=C/COC(=O)CCCCN2C(=O)C=CC2=O)C(C)(C)CCC1. The topological polar surface area (TPSA) is 63.7 Å². The molecular weight excluding hydrogens is 426 g/mol. The lowest BCUT2D eigenvalue weighted by atomic mass is 9.72. The molecule has 0 saturated carbocycles. The number of allylic oxidation sites excluding steroid dienone is 9. The van der Waals surface area contributed by atoms with Crippen LogP contribution in [0.4, 0.5) is 0 Å². The van der Waals surface area contributed by atoms with E-state index in [1.165, 1.54) is 53.0 Å². The lowest BCUT2D eigenvalue weighted by Crippen LogP contribution is -2.30. The summed E-state index contributed by atoms with van der Waals surface area (Å²) in [5.41, 5.74) is 5.41. The van der Waals surface area contributed by atoms with Gasteiger partial charge in [-0.3, -0.25) is 19.3 Å². The predicted octanol–water partition coefficient (Wildman–Crippen LogP) is 6.16. The maximum Gasteiger partial charge on any atom is 0.306 e. The number of carbonyl (C=O) groups is 3. The number of imide groups is 1. The Balaban J connectivity index is 1.69. The largest absolute Gasteiger partial charge is 0.461 e. The third kappa shape index (κ3) is 8.77. The van der Waals surface area contributed by atoms with Gasteiger partial charge in [-0.1, -0.05) is 60.9 Å². The second-order valence-corrected chi connectivity index (χ2v) is 9.78. The summed E-state index contributed by atoms with van der Waals surface area (Å²) >= 11 is 0. The average Bonchev–Trinajstić information content (AvgIpc) is 3.08. The van der Waals surface area contributed by atoms with Crippen LogP contribution in [0, 0.1) is 5.41 Å². The van der Waals surface area contributed by atoms with Crippen LogP contribution in [0.3, 0.4) is 0 Å². The van der Waals surface area contributed by atoms with Gasteiger partial charge in [-0.05, 0) is 69.9 Å². The molecule has 0 radical (unpaired) electrons. The molecule has 1 aliphatic carbocycles. The highest BCUT2D eigenvalue weighted by atomic mass is 16.5. The number of nitrogens with zero attached hydrogens (tertiary/aromatic N) is 1. The van der Waals surface area contributed by atoms with Crippen LogP contribution in [0.2, 0.25) is 0 Å². The zero-order chi connectivity index (χ0) is 25.1. The smallest absolute Gasteiger partial charge is 0.306 e. The van der Waals surface area contributed by atoms with Gasteiger partial charge in [-0.15, -0.1) is 0 Å².